The second-order valence-corrected chi connectivity index (χ2v) is 7.01. The molecule has 7 nitrogen and oxygen atoms in total. The van der Waals surface area contributed by atoms with Gasteiger partial charge in [-0.25, -0.2) is 4.98 Å². The van der Waals surface area contributed by atoms with Crippen LogP contribution in [0.1, 0.15) is 38.7 Å². The molecule has 0 unspecified atom stereocenters. The van der Waals surface area contributed by atoms with Crippen molar-refractivity contribution in [1.29, 1.82) is 0 Å². The maximum atomic E-state index is 5.78. The van der Waals surface area contributed by atoms with Gasteiger partial charge in [0.15, 0.2) is 5.96 Å². The molecular formula is C20H34N4O3. The van der Waals surface area contributed by atoms with E-state index >= 15 is 0 Å². The SMILES string of the molecule is CN=C(NCCCOCC1CCOCC1)NCc1ccc(OC(C)C)nc1. The van der Waals surface area contributed by atoms with Crippen LogP contribution in [0.4, 0.5) is 0 Å². The number of hydrogen-bond acceptors (Lipinski definition) is 5. The van der Waals surface area contributed by atoms with Crippen LogP contribution in [-0.4, -0.2) is 57.1 Å². The lowest BCUT2D eigenvalue weighted by molar-refractivity contribution is 0.0203. The molecule has 0 atom stereocenters. The van der Waals surface area contributed by atoms with Crippen LogP contribution in [0.25, 0.3) is 0 Å². The predicted molar refractivity (Wildman–Crippen MR) is 107 cm³/mol. The number of aliphatic imine (C=N–C) groups is 1. The number of hydrogen-bond donors (Lipinski definition) is 2. The molecule has 27 heavy (non-hydrogen) atoms. The second kappa shape index (κ2) is 12.5. The van der Waals surface area contributed by atoms with E-state index in [0.717, 1.165) is 63.8 Å². The minimum atomic E-state index is 0.130. The van der Waals surface area contributed by atoms with E-state index in [1.165, 1.54) is 0 Å². The van der Waals surface area contributed by atoms with Crippen molar-refractivity contribution in [2.24, 2.45) is 10.9 Å². The summed E-state index contributed by atoms with van der Waals surface area (Å²) in [6.07, 6.45) is 5.14. The standard InChI is InChI=1S/C20H34N4O3/c1-16(2)27-19-6-5-18(13-23-19)14-24-20(21-3)22-9-4-10-26-15-17-7-11-25-12-8-17/h5-6,13,16-17H,4,7-12,14-15H2,1-3H3,(H2,21,22,24). The summed E-state index contributed by atoms with van der Waals surface area (Å²) in [4.78, 5) is 8.56. The third-order valence-corrected chi connectivity index (χ3v) is 4.29. The molecule has 0 spiro atoms. The molecule has 7 heteroatoms. The van der Waals surface area contributed by atoms with Crippen molar-refractivity contribution in [3.8, 4) is 5.88 Å². The first kappa shape index (κ1) is 21.4. The average Bonchev–Trinajstić information content (AvgIpc) is 2.68. The number of aromatic nitrogens is 1. The third-order valence-electron chi connectivity index (χ3n) is 4.29. The summed E-state index contributed by atoms with van der Waals surface area (Å²) in [5, 5.41) is 6.60. The topological polar surface area (TPSA) is 77.0 Å². The van der Waals surface area contributed by atoms with Gasteiger partial charge >= 0.3 is 0 Å². The molecule has 0 radical (unpaired) electrons. The van der Waals surface area contributed by atoms with Gasteiger partial charge in [0.25, 0.3) is 0 Å². The molecule has 1 fully saturated rings. The molecule has 2 heterocycles. The summed E-state index contributed by atoms with van der Waals surface area (Å²) >= 11 is 0. The Kier molecular flexibility index (Phi) is 9.94. The number of ether oxygens (including phenoxy) is 3. The zero-order valence-corrected chi connectivity index (χ0v) is 16.9. The van der Waals surface area contributed by atoms with Crippen molar-refractivity contribution in [2.45, 2.75) is 45.8 Å². The molecule has 1 aliphatic rings. The smallest absolute Gasteiger partial charge is 0.213 e. The fraction of sp³-hybridized carbons (Fsp3) is 0.700. The van der Waals surface area contributed by atoms with Gasteiger partial charge in [-0.1, -0.05) is 6.07 Å². The first-order valence-electron chi connectivity index (χ1n) is 9.89. The highest BCUT2D eigenvalue weighted by Gasteiger charge is 2.13. The van der Waals surface area contributed by atoms with E-state index in [-0.39, 0.29) is 6.10 Å². The molecule has 0 aliphatic carbocycles. The lowest BCUT2D eigenvalue weighted by Crippen LogP contribution is -2.37. The minimum absolute atomic E-state index is 0.130. The van der Waals surface area contributed by atoms with Crippen molar-refractivity contribution < 1.29 is 14.2 Å². The molecule has 0 saturated carbocycles. The van der Waals surface area contributed by atoms with Gasteiger partial charge in [-0.3, -0.25) is 4.99 Å². The number of pyridine rings is 1. The van der Waals surface area contributed by atoms with Gasteiger partial charge in [-0.2, -0.15) is 0 Å². The molecule has 0 amide bonds. The fourth-order valence-corrected chi connectivity index (χ4v) is 2.78. The predicted octanol–water partition coefficient (Wildman–Crippen LogP) is 2.37. The van der Waals surface area contributed by atoms with Gasteiger partial charge in [-0.05, 0) is 44.6 Å². The maximum Gasteiger partial charge on any atom is 0.213 e. The normalized spacial score (nSPS) is 15.8. The fourth-order valence-electron chi connectivity index (χ4n) is 2.78. The van der Waals surface area contributed by atoms with Crippen LogP contribution in [0.3, 0.4) is 0 Å². The van der Waals surface area contributed by atoms with Gasteiger partial charge in [0.05, 0.1) is 6.10 Å². The largest absolute Gasteiger partial charge is 0.475 e. The molecule has 1 saturated heterocycles. The molecule has 1 aromatic rings. The van der Waals surface area contributed by atoms with Crippen LogP contribution in [0.5, 0.6) is 5.88 Å². The Morgan fingerprint density at radius 2 is 2.11 bits per heavy atom. The Labute approximate surface area is 162 Å². The van der Waals surface area contributed by atoms with Crippen LogP contribution in [-0.2, 0) is 16.0 Å². The molecule has 152 valence electrons. The molecule has 0 aromatic carbocycles. The Bertz CT molecular complexity index is 543. The molecule has 2 rings (SSSR count). The molecule has 1 aromatic heterocycles. The Morgan fingerprint density at radius 3 is 2.78 bits per heavy atom. The van der Waals surface area contributed by atoms with Crippen molar-refractivity contribution in [3.05, 3.63) is 23.9 Å². The number of rotatable bonds is 10. The highest BCUT2D eigenvalue weighted by Crippen LogP contribution is 2.14. The van der Waals surface area contributed by atoms with Crippen molar-refractivity contribution >= 4 is 5.96 Å². The van der Waals surface area contributed by atoms with Gasteiger partial charge in [-0.15, -0.1) is 0 Å². The van der Waals surface area contributed by atoms with Gasteiger partial charge in [0.1, 0.15) is 0 Å². The molecule has 0 bridgehead atoms. The van der Waals surface area contributed by atoms with Crippen LogP contribution in [0, 0.1) is 5.92 Å². The van der Waals surface area contributed by atoms with Crippen molar-refractivity contribution in [3.63, 3.8) is 0 Å². The van der Waals surface area contributed by atoms with E-state index in [4.69, 9.17) is 14.2 Å². The summed E-state index contributed by atoms with van der Waals surface area (Å²) in [6.45, 7) is 8.83. The zero-order chi connectivity index (χ0) is 19.3. The Balaban J connectivity index is 1.56. The van der Waals surface area contributed by atoms with Crippen LogP contribution < -0.4 is 15.4 Å². The average molecular weight is 379 g/mol. The number of nitrogens with one attached hydrogen (secondary N) is 2. The van der Waals surface area contributed by atoms with Gasteiger partial charge in [0.2, 0.25) is 5.88 Å². The Morgan fingerprint density at radius 1 is 1.30 bits per heavy atom. The Hall–Kier alpha value is -1.86. The third kappa shape index (κ3) is 9.06. The summed E-state index contributed by atoms with van der Waals surface area (Å²) in [5.74, 6) is 2.09. The summed E-state index contributed by atoms with van der Waals surface area (Å²) in [6, 6.07) is 3.90. The number of nitrogens with zero attached hydrogens (tertiary/aromatic N) is 2. The van der Waals surface area contributed by atoms with E-state index in [2.05, 4.69) is 20.6 Å². The first-order chi connectivity index (χ1) is 13.2. The highest BCUT2D eigenvalue weighted by molar-refractivity contribution is 5.79. The van der Waals surface area contributed by atoms with E-state index in [9.17, 15) is 0 Å². The minimum Gasteiger partial charge on any atom is -0.475 e. The first-order valence-corrected chi connectivity index (χ1v) is 9.89. The van der Waals surface area contributed by atoms with Crippen LogP contribution in [0.2, 0.25) is 0 Å². The van der Waals surface area contributed by atoms with Crippen molar-refractivity contribution in [1.82, 2.24) is 15.6 Å². The van der Waals surface area contributed by atoms with E-state index in [1.807, 2.05) is 32.2 Å². The van der Waals surface area contributed by atoms with Crippen molar-refractivity contribution in [2.75, 3.05) is 40.0 Å². The quantitative estimate of drug-likeness (QED) is 0.370. The zero-order valence-electron chi connectivity index (χ0n) is 16.9. The molecule has 2 N–H and O–H groups in total. The van der Waals surface area contributed by atoms with E-state index < -0.39 is 0 Å². The van der Waals surface area contributed by atoms with Crippen LogP contribution >= 0.6 is 0 Å². The highest BCUT2D eigenvalue weighted by atomic mass is 16.5. The van der Waals surface area contributed by atoms with E-state index in [0.29, 0.717) is 18.3 Å². The molecule has 1 aliphatic heterocycles. The summed E-state index contributed by atoms with van der Waals surface area (Å²) in [5.41, 5.74) is 1.08. The van der Waals surface area contributed by atoms with Gasteiger partial charge in [0, 0.05) is 58.8 Å². The second-order valence-electron chi connectivity index (χ2n) is 7.01. The maximum absolute atomic E-state index is 5.78. The lowest BCUT2D eigenvalue weighted by atomic mass is 10.0. The van der Waals surface area contributed by atoms with Crippen LogP contribution in [0.15, 0.2) is 23.3 Å². The van der Waals surface area contributed by atoms with E-state index in [1.54, 1.807) is 7.05 Å². The lowest BCUT2D eigenvalue weighted by Gasteiger charge is -2.21. The monoisotopic (exact) mass is 378 g/mol. The summed E-state index contributed by atoms with van der Waals surface area (Å²) < 4.78 is 16.7. The molecular weight excluding hydrogens is 344 g/mol. The van der Waals surface area contributed by atoms with Gasteiger partial charge < -0.3 is 24.8 Å². The summed E-state index contributed by atoms with van der Waals surface area (Å²) in [7, 11) is 1.77. The number of guanidine groups is 1.